The first-order valence-corrected chi connectivity index (χ1v) is 9.25. The molecule has 1 aromatic heterocycles. The van der Waals surface area contributed by atoms with Gasteiger partial charge in [-0.05, 0) is 23.8 Å². The van der Waals surface area contributed by atoms with E-state index in [1.54, 1.807) is 24.3 Å². The van der Waals surface area contributed by atoms with E-state index in [-0.39, 0.29) is 11.1 Å². The van der Waals surface area contributed by atoms with Gasteiger partial charge in [-0.15, -0.1) is 0 Å². The topological polar surface area (TPSA) is 81.1 Å². The normalized spacial score (nSPS) is 11.5. The van der Waals surface area contributed by atoms with E-state index >= 15 is 0 Å². The monoisotopic (exact) mass is 399 g/mol. The molecular formula is C21H23ClFN5. The lowest BCUT2D eigenvalue weighted by Gasteiger charge is -2.25. The fourth-order valence-corrected chi connectivity index (χ4v) is 2.95. The van der Waals surface area contributed by atoms with Gasteiger partial charge in [-0.25, -0.2) is 20.2 Å². The second-order valence-electron chi connectivity index (χ2n) is 7.58. The Morgan fingerprint density at radius 1 is 1.04 bits per heavy atom. The van der Waals surface area contributed by atoms with Crippen LogP contribution in [0.15, 0.2) is 48.5 Å². The van der Waals surface area contributed by atoms with Crippen molar-refractivity contribution in [1.82, 2.24) is 9.97 Å². The van der Waals surface area contributed by atoms with Crippen LogP contribution in [-0.2, 0) is 12.0 Å². The highest BCUT2D eigenvalue weighted by Gasteiger charge is 2.25. The molecule has 0 spiro atoms. The third kappa shape index (κ3) is 4.08. The number of halogens is 2. The third-order valence-corrected chi connectivity index (χ3v) is 4.66. The Morgan fingerprint density at radius 3 is 2.32 bits per heavy atom. The zero-order valence-corrected chi connectivity index (χ0v) is 16.8. The summed E-state index contributed by atoms with van der Waals surface area (Å²) in [6.07, 6.45) is 0. The molecule has 0 fully saturated rings. The molecule has 1 heterocycles. The van der Waals surface area contributed by atoms with Crippen molar-refractivity contribution >= 4 is 23.1 Å². The molecule has 5 nitrogen and oxygen atoms in total. The van der Waals surface area contributed by atoms with Crippen LogP contribution in [0.1, 0.15) is 32.2 Å². The van der Waals surface area contributed by atoms with Gasteiger partial charge in [0.25, 0.3) is 0 Å². The molecule has 4 N–H and O–H groups in total. The molecule has 0 atom stereocenters. The molecule has 0 bridgehead atoms. The van der Waals surface area contributed by atoms with Gasteiger partial charge >= 0.3 is 0 Å². The predicted molar refractivity (Wildman–Crippen MR) is 112 cm³/mol. The van der Waals surface area contributed by atoms with Crippen LogP contribution >= 0.6 is 11.6 Å². The minimum Gasteiger partial charge on any atom is -0.394 e. The van der Waals surface area contributed by atoms with Gasteiger partial charge in [-0.2, -0.15) is 0 Å². The highest BCUT2D eigenvalue weighted by Crippen LogP contribution is 2.35. The maximum atomic E-state index is 14.4. The van der Waals surface area contributed by atoms with Crippen LogP contribution in [0.3, 0.4) is 0 Å². The van der Waals surface area contributed by atoms with E-state index in [1.165, 1.54) is 11.1 Å². The van der Waals surface area contributed by atoms with Crippen molar-refractivity contribution in [3.63, 3.8) is 0 Å². The Hall–Kier alpha value is -2.70. The SMILES string of the molecule is CC(C)(C)c1nc(-c2ccccc2F)c(N)c(N(N)Cc2ccccc2Cl)n1. The van der Waals surface area contributed by atoms with Crippen LogP contribution in [-0.4, -0.2) is 9.97 Å². The fraction of sp³-hybridized carbons (Fsp3) is 0.238. The van der Waals surface area contributed by atoms with Gasteiger partial charge in [0, 0.05) is 16.0 Å². The molecule has 0 saturated carbocycles. The average molecular weight is 400 g/mol. The Kier molecular flexibility index (Phi) is 5.54. The van der Waals surface area contributed by atoms with Crippen molar-refractivity contribution in [3.8, 4) is 11.3 Å². The number of nitrogen functional groups attached to an aromatic ring is 1. The summed E-state index contributed by atoms with van der Waals surface area (Å²) in [5.41, 5.74) is 7.63. The quantitative estimate of drug-likeness (QED) is 0.491. The predicted octanol–water partition coefficient (Wildman–Crippen LogP) is 4.70. The standard InChI is InChI=1S/C21H23ClFN5/c1-21(2,3)20-26-18(14-9-5-7-11-16(14)23)17(24)19(27-20)28(25)12-13-8-4-6-10-15(13)22/h4-11H,12,24-25H2,1-3H3. The molecule has 2 aromatic carbocycles. The number of hydrogen-bond donors (Lipinski definition) is 2. The zero-order valence-electron chi connectivity index (χ0n) is 16.1. The molecule has 3 rings (SSSR count). The number of hydrazine groups is 1. The van der Waals surface area contributed by atoms with Gasteiger partial charge in [-0.1, -0.05) is 62.7 Å². The molecule has 0 saturated heterocycles. The van der Waals surface area contributed by atoms with Crippen molar-refractivity contribution in [2.45, 2.75) is 32.7 Å². The van der Waals surface area contributed by atoms with E-state index in [4.69, 9.17) is 23.2 Å². The molecule has 7 heteroatoms. The lowest BCUT2D eigenvalue weighted by Crippen LogP contribution is -2.33. The van der Waals surface area contributed by atoms with Crippen LogP contribution < -0.4 is 16.6 Å². The molecule has 0 aliphatic rings. The lowest BCUT2D eigenvalue weighted by atomic mass is 9.95. The number of rotatable bonds is 4. The number of benzene rings is 2. The summed E-state index contributed by atoms with van der Waals surface area (Å²) in [5.74, 6) is 6.75. The summed E-state index contributed by atoms with van der Waals surface area (Å²) in [6, 6.07) is 13.8. The van der Waals surface area contributed by atoms with Crippen molar-refractivity contribution in [1.29, 1.82) is 0 Å². The van der Waals surface area contributed by atoms with E-state index in [1.807, 2.05) is 39.0 Å². The summed E-state index contributed by atoms with van der Waals surface area (Å²) in [7, 11) is 0. The Balaban J connectivity index is 2.14. The molecule has 0 radical (unpaired) electrons. The van der Waals surface area contributed by atoms with E-state index < -0.39 is 5.82 Å². The second-order valence-corrected chi connectivity index (χ2v) is 7.99. The van der Waals surface area contributed by atoms with Crippen molar-refractivity contribution in [3.05, 3.63) is 70.8 Å². The molecule has 3 aromatic rings. The maximum absolute atomic E-state index is 14.4. The van der Waals surface area contributed by atoms with Gasteiger partial charge in [0.2, 0.25) is 0 Å². The van der Waals surface area contributed by atoms with Crippen LogP contribution in [0, 0.1) is 5.82 Å². The summed E-state index contributed by atoms with van der Waals surface area (Å²) >= 11 is 6.25. The molecule has 0 unspecified atom stereocenters. The summed E-state index contributed by atoms with van der Waals surface area (Å²) in [4.78, 5) is 9.14. The highest BCUT2D eigenvalue weighted by atomic mass is 35.5. The van der Waals surface area contributed by atoms with Crippen molar-refractivity contribution in [2.24, 2.45) is 5.84 Å². The van der Waals surface area contributed by atoms with Crippen LogP contribution in [0.4, 0.5) is 15.9 Å². The Bertz CT molecular complexity index is 1000. The lowest BCUT2D eigenvalue weighted by molar-refractivity contribution is 0.544. The van der Waals surface area contributed by atoms with Crippen molar-refractivity contribution < 1.29 is 4.39 Å². The summed E-state index contributed by atoms with van der Waals surface area (Å²) in [6.45, 7) is 6.22. The maximum Gasteiger partial charge on any atom is 0.170 e. The number of nitrogens with two attached hydrogens (primary N) is 2. The zero-order chi connectivity index (χ0) is 20.5. The molecule has 0 amide bonds. The number of hydrogen-bond acceptors (Lipinski definition) is 5. The first kappa shape index (κ1) is 20.0. The molecule has 0 aliphatic carbocycles. The van der Waals surface area contributed by atoms with Crippen molar-refractivity contribution in [2.75, 3.05) is 10.7 Å². The van der Waals surface area contributed by atoms with Gasteiger partial charge in [0.05, 0.1) is 6.54 Å². The van der Waals surface area contributed by atoms with Gasteiger partial charge < -0.3 is 5.73 Å². The smallest absolute Gasteiger partial charge is 0.170 e. The van der Waals surface area contributed by atoms with E-state index in [0.29, 0.717) is 34.5 Å². The fourth-order valence-electron chi connectivity index (χ4n) is 2.76. The Morgan fingerprint density at radius 2 is 1.68 bits per heavy atom. The molecule has 0 aliphatic heterocycles. The molecule has 146 valence electrons. The van der Waals surface area contributed by atoms with Gasteiger partial charge in [0.1, 0.15) is 23.0 Å². The number of aromatic nitrogens is 2. The van der Waals surface area contributed by atoms with Crippen LogP contribution in [0.5, 0.6) is 0 Å². The van der Waals surface area contributed by atoms with Gasteiger partial charge in [0.15, 0.2) is 5.82 Å². The van der Waals surface area contributed by atoms with E-state index in [9.17, 15) is 4.39 Å². The molecular weight excluding hydrogens is 377 g/mol. The number of nitrogens with zero attached hydrogens (tertiary/aromatic N) is 3. The first-order chi connectivity index (χ1) is 13.2. The third-order valence-electron chi connectivity index (χ3n) is 4.30. The highest BCUT2D eigenvalue weighted by molar-refractivity contribution is 6.31. The van der Waals surface area contributed by atoms with Crippen LogP contribution in [0.2, 0.25) is 5.02 Å². The minimum absolute atomic E-state index is 0.215. The minimum atomic E-state index is -0.409. The first-order valence-electron chi connectivity index (χ1n) is 8.87. The molecule has 28 heavy (non-hydrogen) atoms. The second kappa shape index (κ2) is 7.73. The van der Waals surface area contributed by atoms with Crippen LogP contribution in [0.25, 0.3) is 11.3 Å². The summed E-state index contributed by atoms with van der Waals surface area (Å²) < 4.78 is 14.4. The largest absolute Gasteiger partial charge is 0.394 e. The van der Waals surface area contributed by atoms with E-state index in [0.717, 1.165) is 5.56 Å². The average Bonchev–Trinajstić information content (AvgIpc) is 2.63. The van der Waals surface area contributed by atoms with E-state index in [2.05, 4.69) is 9.97 Å². The number of anilines is 2. The van der Waals surface area contributed by atoms with Gasteiger partial charge in [-0.3, -0.25) is 5.01 Å². The Labute approximate surface area is 169 Å². The summed E-state index contributed by atoms with van der Waals surface area (Å²) in [5, 5.41) is 2.01.